The SMILES string of the molecule is O=C(NCCc1ccc2c(c1)OCO2)C1Cc2ccccc2O1. The Labute approximate surface area is 134 Å². The number of rotatable bonds is 4. The maximum atomic E-state index is 12.2. The normalized spacial score (nSPS) is 17.5. The molecule has 118 valence electrons. The van der Waals surface area contributed by atoms with Gasteiger partial charge in [-0.15, -0.1) is 0 Å². The minimum atomic E-state index is -0.427. The third kappa shape index (κ3) is 2.82. The molecular weight excluding hydrogens is 294 g/mol. The zero-order valence-electron chi connectivity index (χ0n) is 12.6. The smallest absolute Gasteiger partial charge is 0.261 e. The Kier molecular flexibility index (Phi) is 3.54. The second kappa shape index (κ2) is 5.83. The van der Waals surface area contributed by atoms with E-state index in [2.05, 4.69) is 5.32 Å². The summed E-state index contributed by atoms with van der Waals surface area (Å²) in [5, 5.41) is 2.94. The standard InChI is InChI=1S/C18H17NO4/c20-18(17-10-13-3-1-2-4-14(13)23-17)19-8-7-12-5-6-15-16(9-12)22-11-21-15/h1-6,9,17H,7-8,10-11H2,(H,19,20). The van der Waals surface area contributed by atoms with Gasteiger partial charge < -0.3 is 19.5 Å². The summed E-state index contributed by atoms with van der Waals surface area (Å²) in [6.45, 7) is 0.837. The minimum absolute atomic E-state index is 0.0676. The molecule has 2 aromatic rings. The summed E-state index contributed by atoms with van der Waals surface area (Å²) in [7, 11) is 0. The average molecular weight is 311 g/mol. The van der Waals surface area contributed by atoms with Crippen molar-refractivity contribution in [3.63, 3.8) is 0 Å². The van der Waals surface area contributed by atoms with Gasteiger partial charge in [0, 0.05) is 13.0 Å². The largest absolute Gasteiger partial charge is 0.480 e. The lowest BCUT2D eigenvalue weighted by Crippen LogP contribution is -2.38. The molecule has 0 saturated carbocycles. The quantitative estimate of drug-likeness (QED) is 0.939. The van der Waals surface area contributed by atoms with Crippen LogP contribution >= 0.6 is 0 Å². The van der Waals surface area contributed by atoms with Crippen molar-refractivity contribution >= 4 is 5.91 Å². The third-order valence-electron chi connectivity index (χ3n) is 4.09. The number of benzene rings is 2. The van der Waals surface area contributed by atoms with Crippen LogP contribution in [-0.2, 0) is 17.6 Å². The summed E-state index contributed by atoms with van der Waals surface area (Å²) in [5.74, 6) is 2.28. The van der Waals surface area contributed by atoms with E-state index in [1.165, 1.54) is 0 Å². The lowest BCUT2D eigenvalue weighted by molar-refractivity contribution is -0.127. The third-order valence-corrected chi connectivity index (χ3v) is 4.09. The predicted molar refractivity (Wildman–Crippen MR) is 83.8 cm³/mol. The van der Waals surface area contributed by atoms with E-state index >= 15 is 0 Å². The topological polar surface area (TPSA) is 56.8 Å². The summed E-state index contributed by atoms with van der Waals surface area (Å²) in [4.78, 5) is 12.2. The molecule has 2 aromatic carbocycles. The van der Waals surface area contributed by atoms with Crippen LogP contribution in [0.25, 0.3) is 0 Å². The van der Waals surface area contributed by atoms with E-state index in [1.54, 1.807) is 0 Å². The first kappa shape index (κ1) is 13.9. The van der Waals surface area contributed by atoms with Gasteiger partial charge in [-0.2, -0.15) is 0 Å². The molecule has 0 spiro atoms. The van der Waals surface area contributed by atoms with Crippen molar-refractivity contribution in [2.75, 3.05) is 13.3 Å². The van der Waals surface area contributed by atoms with Gasteiger partial charge in [0.25, 0.3) is 5.91 Å². The molecule has 5 heteroatoms. The van der Waals surface area contributed by atoms with E-state index < -0.39 is 6.10 Å². The summed E-state index contributed by atoms with van der Waals surface area (Å²) >= 11 is 0. The predicted octanol–water partition coefficient (Wildman–Crippen LogP) is 2.08. The number of carbonyl (C=O) groups is 1. The molecule has 0 bridgehead atoms. The second-order valence-electron chi connectivity index (χ2n) is 5.65. The van der Waals surface area contributed by atoms with Gasteiger partial charge in [0.1, 0.15) is 5.75 Å². The van der Waals surface area contributed by atoms with Gasteiger partial charge in [-0.3, -0.25) is 4.79 Å². The molecule has 2 heterocycles. The second-order valence-corrected chi connectivity index (χ2v) is 5.65. The fourth-order valence-electron chi connectivity index (χ4n) is 2.87. The molecule has 1 unspecified atom stereocenters. The molecule has 0 saturated heterocycles. The number of carbonyl (C=O) groups excluding carboxylic acids is 1. The van der Waals surface area contributed by atoms with Crippen molar-refractivity contribution < 1.29 is 19.0 Å². The van der Waals surface area contributed by atoms with E-state index in [0.29, 0.717) is 13.0 Å². The van der Waals surface area contributed by atoms with Crippen molar-refractivity contribution in [1.82, 2.24) is 5.32 Å². The summed E-state index contributed by atoms with van der Waals surface area (Å²) in [6, 6.07) is 13.6. The monoisotopic (exact) mass is 311 g/mol. The summed E-state index contributed by atoms with van der Waals surface area (Å²) in [6.07, 6.45) is 0.942. The highest BCUT2D eigenvalue weighted by Gasteiger charge is 2.28. The molecule has 0 radical (unpaired) electrons. The van der Waals surface area contributed by atoms with E-state index in [-0.39, 0.29) is 12.7 Å². The van der Waals surface area contributed by atoms with Crippen molar-refractivity contribution in [3.05, 3.63) is 53.6 Å². The Morgan fingerprint density at radius 1 is 1.09 bits per heavy atom. The zero-order chi connectivity index (χ0) is 15.6. The molecule has 1 amide bonds. The number of amides is 1. The van der Waals surface area contributed by atoms with Crippen LogP contribution in [0.1, 0.15) is 11.1 Å². The van der Waals surface area contributed by atoms with Crippen molar-refractivity contribution in [1.29, 1.82) is 0 Å². The highest BCUT2D eigenvalue weighted by Crippen LogP contribution is 2.32. The fourth-order valence-corrected chi connectivity index (χ4v) is 2.87. The van der Waals surface area contributed by atoms with E-state index in [9.17, 15) is 4.79 Å². The van der Waals surface area contributed by atoms with Gasteiger partial charge in [-0.25, -0.2) is 0 Å². The van der Waals surface area contributed by atoms with Gasteiger partial charge in [0.2, 0.25) is 6.79 Å². The van der Waals surface area contributed by atoms with Crippen molar-refractivity contribution in [2.24, 2.45) is 0 Å². The number of nitrogens with one attached hydrogen (secondary N) is 1. The Bertz CT molecular complexity index is 719. The first-order chi connectivity index (χ1) is 11.3. The molecule has 5 nitrogen and oxygen atoms in total. The molecule has 4 rings (SSSR count). The average Bonchev–Trinajstić information content (AvgIpc) is 3.20. The zero-order valence-corrected chi connectivity index (χ0v) is 12.6. The van der Waals surface area contributed by atoms with E-state index in [4.69, 9.17) is 14.2 Å². The number of ether oxygens (including phenoxy) is 3. The van der Waals surface area contributed by atoms with Gasteiger partial charge in [-0.1, -0.05) is 24.3 Å². The van der Waals surface area contributed by atoms with Crippen LogP contribution in [0, 0.1) is 0 Å². The van der Waals surface area contributed by atoms with E-state index in [1.807, 2.05) is 42.5 Å². The minimum Gasteiger partial charge on any atom is -0.480 e. The molecule has 23 heavy (non-hydrogen) atoms. The van der Waals surface area contributed by atoms with Crippen molar-refractivity contribution in [3.8, 4) is 17.2 Å². The van der Waals surface area contributed by atoms with Crippen LogP contribution in [-0.4, -0.2) is 25.3 Å². The first-order valence-electron chi connectivity index (χ1n) is 7.70. The van der Waals surface area contributed by atoms with Crippen LogP contribution in [0.4, 0.5) is 0 Å². The lowest BCUT2D eigenvalue weighted by Gasteiger charge is -2.11. The molecule has 0 fully saturated rings. The summed E-state index contributed by atoms with van der Waals surface area (Å²) in [5.41, 5.74) is 2.19. The molecule has 2 aliphatic heterocycles. The van der Waals surface area contributed by atoms with Crippen LogP contribution < -0.4 is 19.5 Å². The van der Waals surface area contributed by atoms with Crippen LogP contribution in [0.2, 0.25) is 0 Å². The fraction of sp³-hybridized carbons (Fsp3) is 0.278. The Morgan fingerprint density at radius 2 is 1.96 bits per heavy atom. The van der Waals surface area contributed by atoms with Crippen LogP contribution in [0.15, 0.2) is 42.5 Å². The highest BCUT2D eigenvalue weighted by molar-refractivity contribution is 5.82. The van der Waals surface area contributed by atoms with Gasteiger partial charge in [0.05, 0.1) is 0 Å². The van der Waals surface area contributed by atoms with Crippen molar-refractivity contribution in [2.45, 2.75) is 18.9 Å². The molecule has 2 aliphatic rings. The maximum absolute atomic E-state index is 12.2. The Morgan fingerprint density at radius 3 is 2.87 bits per heavy atom. The van der Waals surface area contributed by atoms with Crippen LogP contribution in [0.3, 0.4) is 0 Å². The highest BCUT2D eigenvalue weighted by atomic mass is 16.7. The first-order valence-corrected chi connectivity index (χ1v) is 7.70. The molecule has 0 aliphatic carbocycles. The van der Waals surface area contributed by atoms with Gasteiger partial charge in [-0.05, 0) is 35.7 Å². The molecule has 1 atom stereocenters. The lowest BCUT2D eigenvalue weighted by atomic mass is 10.1. The van der Waals surface area contributed by atoms with Gasteiger partial charge in [0.15, 0.2) is 17.6 Å². The molecule has 1 N–H and O–H groups in total. The Hall–Kier alpha value is -2.69. The number of hydrogen-bond donors (Lipinski definition) is 1. The number of hydrogen-bond acceptors (Lipinski definition) is 4. The summed E-state index contributed by atoms with van der Waals surface area (Å²) < 4.78 is 16.3. The maximum Gasteiger partial charge on any atom is 0.261 e. The molecular formula is C18H17NO4. The number of para-hydroxylation sites is 1. The number of fused-ring (bicyclic) bond motifs is 2. The van der Waals surface area contributed by atoms with E-state index in [0.717, 1.165) is 34.8 Å². The molecule has 0 aromatic heterocycles. The Balaban J connectivity index is 1.29. The van der Waals surface area contributed by atoms with Crippen LogP contribution in [0.5, 0.6) is 17.2 Å². The van der Waals surface area contributed by atoms with Gasteiger partial charge >= 0.3 is 0 Å².